The number of carbonyl (C=O) groups is 3. The first-order valence-electron chi connectivity index (χ1n) is 8.33. The minimum atomic E-state index is -0.154. The zero-order valence-electron chi connectivity index (χ0n) is 14.5. The summed E-state index contributed by atoms with van der Waals surface area (Å²) in [6, 6.07) is 5.09. The van der Waals surface area contributed by atoms with E-state index in [1.54, 1.807) is 28.0 Å². The third-order valence-corrected chi connectivity index (χ3v) is 4.20. The van der Waals surface area contributed by atoms with Crippen molar-refractivity contribution in [3.63, 3.8) is 0 Å². The maximum Gasteiger partial charge on any atom is 0.265 e. The second-order valence-corrected chi connectivity index (χ2v) is 5.74. The lowest BCUT2D eigenvalue weighted by Gasteiger charge is -2.30. The summed E-state index contributed by atoms with van der Waals surface area (Å²) < 4.78 is 5.42. The van der Waals surface area contributed by atoms with Crippen molar-refractivity contribution in [2.24, 2.45) is 0 Å². The van der Waals surface area contributed by atoms with E-state index in [4.69, 9.17) is 4.74 Å². The quantitative estimate of drug-likeness (QED) is 0.718. The Morgan fingerprint density at radius 1 is 1.25 bits per heavy atom. The lowest BCUT2D eigenvalue weighted by Crippen LogP contribution is -2.40. The van der Waals surface area contributed by atoms with Gasteiger partial charge in [0.2, 0.25) is 5.91 Å². The second kappa shape index (κ2) is 7.95. The molecular weight excluding hydrogens is 308 g/mol. The van der Waals surface area contributed by atoms with Gasteiger partial charge in [0.1, 0.15) is 5.75 Å². The molecule has 0 radical (unpaired) electrons. The molecule has 0 N–H and O–H groups in total. The molecule has 0 saturated heterocycles. The van der Waals surface area contributed by atoms with Crippen LogP contribution in [0.2, 0.25) is 0 Å². The molecule has 1 aliphatic heterocycles. The van der Waals surface area contributed by atoms with E-state index >= 15 is 0 Å². The van der Waals surface area contributed by atoms with E-state index in [1.807, 2.05) is 13.8 Å². The first-order chi connectivity index (χ1) is 11.5. The molecule has 0 bridgehead atoms. The van der Waals surface area contributed by atoms with Crippen LogP contribution < -0.4 is 9.64 Å². The normalized spacial score (nSPS) is 13.3. The molecule has 1 aromatic rings. The fourth-order valence-electron chi connectivity index (χ4n) is 2.79. The monoisotopic (exact) mass is 332 g/mol. The Morgan fingerprint density at radius 3 is 2.58 bits per heavy atom. The van der Waals surface area contributed by atoms with E-state index in [1.165, 1.54) is 6.92 Å². The summed E-state index contributed by atoms with van der Waals surface area (Å²) in [5, 5.41) is 0. The van der Waals surface area contributed by atoms with E-state index in [0.717, 1.165) is 0 Å². The van der Waals surface area contributed by atoms with E-state index in [-0.39, 0.29) is 24.2 Å². The molecule has 1 aromatic carbocycles. The minimum Gasteiger partial charge on any atom is -0.482 e. The topological polar surface area (TPSA) is 66.9 Å². The Hall–Kier alpha value is -2.37. The Kier molecular flexibility index (Phi) is 5.95. The zero-order chi connectivity index (χ0) is 17.7. The highest BCUT2D eigenvalue weighted by Crippen LogP contribution is 2.33. The largest absolute Gasteiger partial charge is 0.482 e. The van der Waals surface area contributed by atoms with Gasteiger partial charge in [-0.1, -0.05) is 0 Å². The fourth-order valence-corrected chi connectivity index (χ4v) is 2.79. The summed E-state index contributed by atoms with van der Waals surface area (Å²) in [5.74, 6) is 0.471. The summed E-state index contributed by atoms with van der Waals surface area (Å²) in [6.07, 6.45) is 0.971. The van der Waals surface area contributed by atoms with Crippen LogP contribution in [0.25, 0.3) is 0 Å². The van der Waals surface area contributed by atoms with Crippen LogP contribution in [0.3, 0.4) is 0 Å². The number of hydrogen-bond acceptors (Lipinski definition) is 4. The van der Waals surface area contributed by atoms with Crippen molar-refractivity contribution in [3.8, 4) is 5.75 Å². The number of benzene rings is 1. The predicted molar refractivity (Wildman–Crippen MR) is 91.5 cm³/mol. The molecule has 0 saturated carbocycles. The van der Waals surface area contributed by atoms with Crippen molar-refractivity contribution in [3.05, 3.63) is 23.8 Å². The molecule has 130 valence electrons. The molecule has 0 aromatic heterocycles. The van der Waals surface area contributed by atoms with Crippen LogP contribution in [0.4, 0.5) is 5.69 Å². The number of ketones is 1. The molecule has 1 aliphatic rings. The molecule has 0 unspecified atom stereocenters. The highest BCUT2D eigenvalue weighted by atomic mass is 16.5. The minimum absolute atomic E-state index is 0.0175. The number of Topliss-reactive ketones (excluding diaryl/α,β-unsaturated/α-hetero) is 1. The third kappa shape index (κ3) is 3.93. The molecule has 0 fully saturated rings. The number of amides is 2. The summed E-state index contributed by atoms with van der Waals surface area (Å²) in [7, 11) is 0. The van der Waals surface area contributed by atoms with Crippen LogP contribution >= 0.6 is 0 Å². The van der Waals surface area contributed by atoms with Crippen molar-refractivity contribution in [2.75, 3.05) is 31.1 Å². The van der Waals surface area contributed by atoms with Crippen LogP contribution in [0.15, 0.2) is 18.2 Å². The Labute approximate surface area is 142 Å². The second-order valence-electron chi connectivity index (χ2n) is 5.74. The standard InChI is InChI=1S/C18H24N2O4/c1-4-19(5-2)17(22)7-6-10-20-15-11-14(13(3)21)8-9-16(15)24-12-18(20)23/h8-9,11H,4-7,10,12H2,1-3H3. The van der Waals surface area contributed by atoms with Gasteiger partial charge in [0, 0.05) is 31.6 Å². The highest BCUT2D eigenvalue weighted by Gasteiger charge is 2.26. The van der Waals surface area contributed by atoms with Crippen LogP contribution in [0.1, 0.15) is 44.0 Å². The van der Waals surface area contributed by atoms with Gasteiger partial charge in [-0.3, -0.25) is 14.4 Å². The first-order valence-corrected chi connectivity index (χ1v) is 8.33. The lowest BCUT2D eigenvalue weighted by molar-refractivity contribution is -0.131. The molecule has 6 nitrogen and oxygen atoms in total. The zero-order valence-corrected chi connectivity index (χ0v) is 14.5. The maximum absolute atomic E-state index is 12.2. The molecule has 1 heterocycles. The van der Waals surface area contributed by atoms with Crippen molar-refractivity contribution in [1.29, 1.82) is 0 Å². The Bertz CT molecular complexity index is 638. The van der Waals surface area contributed by atoms with Crippen molar-refractivity contribution in [1.82, 2.24) is 4.90 Å². The third-order valence-electron chi connectivity index (χ3n) is 4.20. The van der Waals surface area contributed by atoms with Gasteiger partial charge in [-0.15, -0.1) is 0 Å². The summed E-state index contributed by atoms with van der Waals surface area (Å²) in [5.41, 5.74) is 1.14. The van der Waals surface area contributed by atoms with Gasteiger partial charge >= 0.3 is 0 Å². The smallest absolute Gasteiger partial charge is 0.265 e. The highest BCUT2D eigenvalue weighted by molar-refractivity contribution is 6.01. The number of carbonyl (C=O) groups excluding carboxylic acids is 3. The summed E-state index contributed by atoms with van der Waals surface area (Å²) >= 11 is 0. The number of nitrogens with zero attached hydrogens (tertiary/aromatic N) is 2. The summed E-state index contributed by atoms with van der Waals surface area (Å²) in [6.45, 7) is 7.19. The van der Waals surface area contributed by atoms with Gasteiger partial charge in [-0.25, -0.2) is 0 Å². The molecule has 24 heavy (non-hydrogen) atoms. The van der Waals surface area contributed by atoms with E-state index in [9.17, 15) is 14.4 Å². The average Bonchev–Trinajstić information content (AvgIpc) is 2.57. The van der Waals surface area contributed by atoms with Crippen LogP contribution in [-0.2, 0) is 9.59 Å². The van der Waals surface area contributed by atoms with Crippen molar-refractivity contribution >= 4 is 23.3 Å². The number of hydrogen-bond donors (Lipinski definition) is 0. The predicted octanol–water partition coefficient (Wildman–Crippen LogP) is 2.26. The summed E-state index contributed by atoms with van der Waals surface area (Å²) in [4.78, 5) is 39.2. The number of anilines is 1. The van der Waals surface area contributed by atoms with Crippen LogP contribution in [0, 0.1) is 0 Å². The molecule has 6 heteroatoms. The Morgan fingerprint density at radius 2 is 1.96 bits per heavy atom. The molecule has 0 atom stereocenters. The molecule has 2 amide bonds. The van der Waals surface area contributed by atoms with Gasteiger partial charge in [0.05, 0.1) is 5.69 Å². The van der Waals surface area contributed by atoms with Crippen LogP contribution in [-0.4, -0.2) is 48.7 Å². The number of rotatable bonds is 7. The van der Waals surface area contributed by atoms with E-state index < -0.39 is 0 Å². The van der Waals surface area contributed by atoms with Gasteiger partial charge < -0.3 is 14.5 Å². The molecule has 0 aliphatic carbocycles. The fraction of sp³-hybridized carbons (Fsp3) is 0.500. The molecule has 2 rings (SSSR count). The maximum atomic E-state index is 12.2. The number of ether oxygens (including phenoxy) is 1. The van der Waals surface area contributed by atoms with E-state index in [0.29, 0.717) is 49.5 Å². The average molecular weight is 332 g/mol. The van der Waals surface area contributed by atoms with Gasteiger partial charge in [0.15, 0.2) is 12.4 Å². The van der Waals surface area contributed by atoms with E-state index in [2.05, 4.69) is 0 Å². The Balaban J connectivity index is 2.08. The number of fused-ring (bicyclic) bond motifs is 1. The molecule has 0 spiro atoms. The first kappa shape index (κ1) is 18.0. The van der Waals surface area contributed by atoms with Crippen molar-refractivity contribution in [2.45, 2.75) is 33.6 Å². The van der Waals surface area contributed by atoms with Gasteiger partial charge in [-0.05, 0) is 45.4 Å². The van der Waals surface area contributed by atoms with Crippen molar-refractivity contribution < 1.29 is 19.1 Å². The SMILES string of the molecule is CCN(CC)C(=O)CCCN1C(=O)COc2ccc(C(C)=O)cc21. The van der Waals surface area contributed by atoms with Gasteiger partial charge in [-0.2, -0.15) is 0 Å². The van der Waals surface area contributed by atoms with Crippen LogP contribution in [0.5, 0.6) is 5.75 Å². The lowest BCUT2D eigenvalue weighted by atomic mass is 10.1. The van der Waals surface area contributed by atoms with Gasteiger partial charge in [0.25, 0.3) is 5.91 Å². The molecular formula is C18H24N2O4.